The zero-order valence-corrected chi connectivity index (χ0v) is 15.7. The molecule has 1 amide bonds. The van der Waals surface area contributed by atoms with Gasteiger partial charge in [-0.15, -0.1) is 11.3 Å². The molecular weight excluding hydrogens is 310 g/mol. The van der Waals surface area contributed by atoms with Crippen LogP contribution in [0.15, 0.2) is 6.20 Å². The molecule has 0 saturated carbocycles. The number of hydrogen-bond acceptors (Lipinski definition) is 5. The van der Waals surface area contributed by atoms with E-state index in [2.05, 4.69) is 24.1 Å². The molecule has 5 nitrogen and oxygen atoms in total. The van der Waals surface area contributed by atoms with Crippen LogP contribution in [0.3, 0.4) is 0 Å². The molecule has 2 heterocycles. The van der Waals surface area contributed by atoms with Gasteiger partial charge in [0.05, 0.1) is 6.04 Å². The number of nitrogens with one attached hydrogen (secondary N) is 1. The molecule has 0 spiro atoms. The molecule has 1 aromatic heterocycles. The maximum Gasteiger partial charge on any atom is 0.410 e. The van der Waals surface area contributed by atoms with E-state index >= 15 is 0 Å². The van der Waals surface area contributed by atoms with Crippen molar-refractivity contribution in [3.63, 3.8) is 0 Å². The van der Waals surface area contributed by atoms with Crippen molar-refractivity contribution >= 4 is 17.4 Å². The number of carbonyl (C=O) groups excluding carboxylic acids is 1. The lowest BCUT2D eigenvalue weighted by atomic mass is 10.1. The fraction of sp³-hybridized carbons (Fsp3) is 0.765. The molecule has 130 valence electrons. The highest BCUT2D eigenvalue weighted by Gasteiger charge is 2.28. The second kappa shape index (κ2) is 7.62. The predicted molar refractivity (Wildman–Crippen MR) is 93.9 cm³/mol. The summed E-state index contributed by atoms with van der Waals surface area (Å²) < 4.78 is 5.48. The second-order valence-electron chi connectivity index (χ2n) is 7.17. The monoisotopic (exact) mass is 339 g/mol. The first kappa shape index (κ1) is 18.2. The van der Waals surface area contributed by atoms with Gasteiger partial charge < -0.3 is 15.0 Å². The molecule has 1 aliphatic heterocycles. The van der Waals surface area contributed by atoms with Crippen LogP contribution in [0, 0.1) is 0 Å². The lowest BCUT2D eigenvalue weighted by molar-refractivity contribution is 0.0184. The van der Waals surface area contributed by atoms with Gasteiger partial charge in [0.2, 0.25) is 0 Å². The first-order chi connectivity index (χ1) is 10.8. The number of hydrogen-bond donors (Lipinski definition) is 1. The number of aryl methyl sites for hydroxylation is 1. The number of carbonyl (C=O) groups is 1. The van der Waals surface area contributed by atoms with E-state index in [9.17, 15) is 4.79 Å². The standard InChI is InChI=1S/C17H29N3O2S/c1-6-14-10-18-15(23-14)12(2)19-13-8-7-9-20(11-13)16(21)22-17(3,4)5/h10,12-13,19H,6-9,11H2,1-5H3. The average Bonchev–Trinajstić information content (AvgIpc) is 2.95. The van der Waals surface area contributed by atoms with Crippen molar-refractivity contribution in [2.75, 3.05) is 13.1 Å². The van der Waals surface area contributed by atoms with E-state index in [1.54, 1.807) is 11.3 Å². The van der Waals surface area contributed by atoms with E-state index in [0.29, 0.717) is 12.6 Å². The molecule has 1 fully saturated rings. The van der Waals surface area contributed by atoms with Crippen LogP contribution < -0.4 is 5.32 Å². The molecule has 1 saturated heterocycles. The van der Waals surface area contributed by atoms with E-state index in [-0.39, 0.29) is 12.1 Å². The Morgan fingerprint density at radius 2 is 2.30 bits per heavy atom. The van der Waals surface area contributed by atoms with E-state index < -0.39 is 5.60 Å². The van der Waals surface area contributed by atoms with Crippen LogP contribution >= 0.6 is 11.3 Å². The Labute approximate surface area is 143 Å². The summed E-state index contributed by atoms with van der Waals surface area (Å²) in [6.45, 7) is 11.5. The van der Waals surface area contributed by atoms with E-state index in [1.807, 2.05) is 31.9 Å². The molecule has 2 unspecified atom stereocenters. The van der Waals surface area contributed by atoms with Crippen molar-refractivity contribution in [2.24, 2.45) is 0 Å². The van der Waals surface area contributed by atoms with Crippen LogP contribution in [0.25, 0.3) is 0 Å². The first-order valence-electron chi connectivity index (χ1n) is 8.47. The van der Waals surface area contributed by atoms with Gasteiger partial charge in [-0.2, -0.15) is 0 Å². The topological polar surface area (TPSA) is 54.5 Å². The van der Waals surface area contributed by atoms with Crippen molar-refractivity contribution in [1.82, 2.24) is 15.2 Å². The summed E-state index contributed by atoms with van der Waals surface area (Å²) in [5, 5.41) is 4.74. The van der Waals surface area contributed by atoms with Crippen LogP contribution in [-0.4, -0.2) is 40.7 Å². The average molecular weight is 340 g/mol. The molecule has 1 aromatic rings. The van der Waals surface area contributed by atoms with Gasteiger partial charge in [-0.3, -0.25) is 0 Å². The zero-order chi connectivity index (χ0) is 17.0. The summed E-state index contributed by atoms with van der Waals surface area (Å²) in [5.74, 6) is 0. The lowest BCUT2D eigenvalue weighted by Crippen LogP contribution is -2.49. The third-order valence-corrected chi connectivity index (χ3v) is 5.17. The number of thiazole rings is 1. The molecular formula is C17H29N3O2S. The van der Waals surface area contributed by atoms with Crippen LogP contribution in [-0.2, 0) is 11.2 Å². The highest BCUT2D eigenvalue weighted by Crippen LogP contribution is 2.22. The maximum absolute atomic E-state index is 12.2. The van der Waals surface area contributed by atoms with Crippen LogP contribution in [0.5, 0.6) is 0 Å². The normalized spacial score (nSPS) is 20.4. The maximum atomic E-state index is 12.2. The van der Waals surface area contributed by atoms with E-state index in [0.717, 1.165) is 30.8 Å². The molecule has 0 radical (unpaired) electrons. The van der Waals surface area contributed by atoms with Gasteiger partial charge in [0.1, 0.15) is 10.6 Å². The van der Waals surface area contributed by atoms with Gasteiger partial charge >= 0.3 is 6.09 Å². The Kier molecular flexibility index (Phi) is 6.03. The van der Waals surface area contributed by atoms with Crippen molar-refractivity contribution in [3.8, 4) is 0 Å². The fourth-order valence-corrected chi connectivity index (χ4v) is 3.59. The quantitative estimate of drug-likeness (QED) is 0.907. The van der Waals surface area contributed by atoms with Crippen LogP contribution in [0.2, 0.25) is 0 Å². The first-order valence-corrected chi connectivity index (χ1v) is 9.28. The molecule has 1 N–H and O–H groups in total. The summed E-state index contributed by atoms with van der Waals surface area (Å²) in [4.78, 5) is 19.9. The second-order valence-corrected chi connectivity index (χ2v) is 8.32. The SMILES string of the molecule is CCc1cnc(C(C)NC2CCCN(C(=O)OC(C)(C)C)C2)s1. The molecule has 2 atom stereocenters. The Bertz CT molecular complexity index is 524. The summed E-state index contributed by atoms with van der Waals surface area (Å²) in [6, 6.07) is 0.504. The minimum absolute atomic E-state index is 0.209. The zero-order valence-electron chi connectivity index (χ0n) is 14.9. The van der Waals surface area contributed by atoms with Gasteiger partial charge in [0.15, 0.2) is 0 Å². The summed E-state index contributed by atoms with van der Waals surface area (Å²) >= 11 is 1.77. The largest absolute Gasteiger partial charge is 0.444 e. The van der Waals surface area contributed by atoms with Crippen molar-refractivity contribution in [3.05, 3.63) is 16.1 Å². The highest BCUT2D eigenvalue weighted by molar-refractivity contribution is 7.11. The Morgan fingerprint density at radius 1 is 1.57 bits per heavy atom. The summed E-state index contributed by atoms with van der Waals surface area (Å²) in [5.41, 5.74) is -0.442. The number of aromatic nitrogens is 1. The Morgan fingerprint density at radius 3 is 2.91 bits per heavy atom. The molecule has 23 heavy (non-hydrogen) atoms. The van der Waals surface area contributed by atoms with E-state index in [1.165, 1.54) is 4.88 Å². The highest BCUT2D eigenvalue weighted by atomic mass is 32.1. The third-order valence-electron chi connectivity index (χ3n) is 3.85. The van der Waals surface area contributed by atoms with Gasteiger partial charge in [-0.1, -0.05) is 6.92 Å². The predicted octanol–water partition coefficient (Wildman–Crippen LogP) is 3.76. The summed E-state index contributed by atoms with van der Waals surface area (Å²) in [7, 11) is 0. The van der Waals surface area contributed by atoms with E-state index in [4.69, 9.17) is 4.74 Å². The number of likely N-dealkylation sites (tertiary alicyclic amines) is 1. The Hall–Kier alpha value is -1.14. The number of ether oxygens (including phenoxy) is 1. The lowest BCUT2D eigenvalue weighted by Gasteiger charge is -2.35. The minimum Gasteiger partial charge on any atom is -0.444 e. The van der Waals surface area contributed by atoms with Crippen molar-refractivity contribution < 1.29 is 9.53 Å². The molecule has 2 rings (SSSR count). The molecule has 0 bridgehead atoms. The number of rotatable bonds is 4. The summed E-state index contributed by atoms with van der Waals surface area (Å²) in [6.07, 6.45) is 4.86. The van der Waals surface area contributed by atoms with Gasteiger partial charge in [0.25, 0.3) is 0 Å². The minimum atomic E-state index is -0.442. The molecule has 0 aromatic carbocycles. The molecule has 1 aliphatic rings. The van der Waals surface area contributed by atoms with Gasteiger partial charge in [0, 0.05) is 30.2 Å². The molecule has 0 aliphatic carbocycles. The van der Waals surface area contributed by atoms with Gasteiger partial charge in [-0.25, -0.2) is 9.78 Å². The third kappa shape index (κ3) is 5.46. The number of piperidine rings is 1. The van der Waals surface area contributed by atoms with Crippen molar-refractivity contribution in [1.29, 1.82) is 0 Å². The molecule has 6 heteroatoms. The smallest absolute Gasteiger partial charge is 0.410 e. The van der Waals surface area contributed by atoms with Crippen LogP contribution in [0.1, 0.15) is 63.4 Å². The number of amides is 1. The van der Waals surface area contributed by atoms with Crippen molar-refractivity contribution in [2.45, 2.75) is 71.6 Å². The Balaban J connectivity index is 1.89. The van der Waals surface area contributed by atoms with Crippen LogP contribution in [0.4, 0.5) is 4.79 Å². The van der Waals surface area contributed by atoms with Gasteiger partial charge in [-0.05, 0) is 47.0 Å². The number of nitrogens with zero attached hydrogens (tertiary/aromatic N) is 2. The fourth-order valence-electron chi connectivity index (χ4n) is 2.72.